The second kappa shape index (κ2) is 10.1. The Kier molecular flexibility index (Phi) is 8.19. The fraction of sp³-hybridized carbons (Fsp3) is 0.435. The quantitative estimate of drug-likeness (QED) is 0.447. The molecule has 2 aromatic rings. The van der Waals surface area contributed by atoms with Gasteiger partial charge < -0.3 is 9.29 Å². The fourth-order valence-electron chi connectivity index (χ4n) is 3.28. The van der Waals surface area contributed by atoms with Crippen molar-refractivity contribution in [1.82, 2.24) is 4.72 Å². The molecule has 0 fully saturated rings. The Balaban J connectivity index is 2.61. The molecule has 0 aliphatic rings. The third-order valence-corrected chi connectivity index (χ3v) is 6.31. The number of nitrogens with one attached hydrogen (secondary N) is 1. The highest BCUT2D eigenvalue weighted by molar-refractivity contribution is 7.90. The number of halogens is 3. The van der Waals surface area contributed by atoms with Gasteiger partial charge in [0.05, 0.1) is 19.1 Å². The van der Waals surface area contributed by atoms with Gasteiger partial charge in [-0.15, -0.1) is 4.72 Å². The van der Waals surface area contributed by atoms with Crippen LogP contribution in [0.5, 0.6) is 0 Å². The van der Waals surface area contributed by atoms with Crippen LogP contribution in [0.3, 0.4) is 0 Å². The Bertz CT molecular complexity index is 937. The van der Waals surface area contributed by atoms with E-state index < -0.39 is 45.6 Å². The van der Waals surface area contributed by atoms with Gasteiger partial charge in [-0.2, -0.15) is 0 Å². The number of hydrogen-bond donors (Lipinski definition) is 1. The van der Waals surface area contributed by atoms with Crippen LogP contribution in [0.1, 0.15) is 56.8 Å². The molecular formula is C23H28F3NO3S. The Morgan fingerprint density at radius 1 is 1.13 bits per heavy atom. The SMILES string of the molecule is CCOC(=O)C[C@H](N[S+]([O-])C(C)(C)C)c1cc(-c2c(C)cc(F)cc2C)cc(F)c1F. The maximum atomic E-state index is 14.9. The molecule has 0 radical (unpaired) electrons. The van der Waals surface area contributed by atoms with E-state index in [1.807, 2.05) is 0 Å². The van der Waals surface area contributed by atoms with E-state index in [0.717, 1.165) is 6.07 Å². The largest absolute Gasteiger partial charge is 0.598 e. The van der Waals surface area contributed by atoms with Crippen LogP contribution in [-0.2, 0) is 20.9 Å². The van der Waals surface area contributed by atoms with E-state index in [-0.39, 0.29) is 18.6 Å². The van der Waals surface area contributed by atoms with Gasteiger partial charge in [0.1, 0.15) is 10.6 Å². The van der Waals surface area contributed by atoms with E-state index in [9.17, 15) is 22.5 Å². The summed E-state index contributed by atoms with van der Waals surface area (Å²) in [5.74, 6) is -3.32. The molecule has 0 spiro atoms. The zero-order valence-corrected chi connectivity index (χ0v) is 19.4. The molecule has 1 N–H and O–H groups in total. The number of aryl methyl sites for hydroxylation is 2. The molecular weight excluding hydrogens is 427 g/mol. The molecule has 0 aliphatic carbocycles. The molecule has 170 valence electrons. The minimum atomic E-state index is -1.66. The van der Waals surface area contributed by atoms with Crippen LogP contribution >= 0.6 is 0 Å². The van der Waals surface area contributed by atoms with Crippen molar-refractivity contribution >= 4 is 17.3 Å². The van der Waals surface area contributed by atoms with Crippen molar-refractivity contribution in [1.29, 1.82) is 0 Å². The van der Waals surface area contributed by atoms with Crippen LogP contribution in [0, 0.1) is 31.3 Å². The smallest absolute Gasteiger partial charge is 0.307 e. The lowest BCUT2D eigenvalue weighted by Gasteiger charge is -2.28. The Morgan fingerprint density at radius 3 is 2.23 bits per heavy atom. The normalized spacial score (nSPS) is 13.7. The van der Waals surface area contributed by atoms with Crippen molar-refractivity contribution in [2.75, 3.05) is 6.61 Å². The van der Waals surface area contributed by atoms with Gasteiger partial charge in [0.15, 0.2) is 11.6 Å². The first-order chi connectivity index (χ1) is 14.3. The number of benzene rings is 2. The van der Waals surface area contributed by atoms with Gasteiger partial charge in [0.2, 0.25) is 0 Å². The molecule has 2 aromatic carbocycles. The first-order valence-corrected chi connectivity index (χ1v) is 11.1. The van der Waals surface area contributed by atoms with Crippen molar-refractivity contribution in [3.8, 4) is 11.1 Å². The minimum absolute atomic E-state index is 0.124. The van der Waals surface area contributed by atoms with Gasteiger partial charge in [-0.3, -0.25) is 4.79 Å². The lowest BCUT2D eigenvalue weighted by molar-refractivity contribution is -0.143. The number of rotatable bonds is 7. The van der Waals surface area contributed by atoms with Crippen LogP contribution < -0.4 is 4.72 Å². The third-order valence-electron chi connectivity index (χ3n) is 4.70. The van der Waals surface area contributed by atoms with Gasteiger partial charge in [-0.05, 0) is 88.1 Å². The highest BCUT2D eigenvalue weighted by Crippen LogP contribution is 2.34. The monoisotopic (exact) mass is 455 g/mol. The predicted molar refractivity (Wildman–Crippen MR) is 116 cm³/mol. The minimum Gasteiger partial charge on any atom is -0.598 e. The fourth-order valence-corrected chi connectivity index (χ4v) is 4.10. The van der Waals surface area contributed by atoms with E-state index >= 15 is 0 Å². The van der Waals surface area contributed by atoms with Gasteiger partial charge >= 0.3 is 5.97 Å². The molecule has 0 saturated carbocycles. The second-order valence-corrected chi connectivity index (χ2v) is 10.3. The number of hydrogen-bond acceptors (Lipinski definition) is 4. The molecule has 0 aromatic heterocycles. The highest BCUT2D eigenvalue weighted by Gasteiger charge is 2.33. The Hall–Kier alpha value is -2.03. The van der Waals surface area contributed by atoms with Crippen molar-refractivity contribution in [3.05, 3.63) is 58.4 Å². The molecule has 0 saturated heterocycles. The van der Waals surface area contributed by atoms with Gasteiger partial charge in [0, 0.05) is 16.9 Å². The molecule has 1 unspecified atom stereocenters. The summed E-state index contributed by atoms with van der Waals surface area (Å²) in [4.78, 5) is 12.1. The molecule has 8 heteroatoms. The zero-order valence-electron chi connectivity index (χ0n) is 18.6. The van der Waals surface area contributed by atoms with Crippen molar-refractivity contribution < 1.29 is 27.3 Å². The van der Waals surface area contributed by atoms with Gasteiger partial charge in [-0.25, -0.2) is 13.2 Å². The summed E-state index contributed by atoms with van der Waals surface area (Å²) in [6.45, 7) is 10.3. The van der Waals surface area contributed by atoms with Crippen molar-refractivity contribution in [2.24, 2.45) is 0 Å². The summed E-state index contributed by atoms with van der Waals surface area (Å²) in [5, 5.41) is 0. The number of esters is 1. The molecule has 0 amide bonds. The third kappa shape index (κ3) is 6.24. The van der Waals surface area contributed by atoms with E-state index in [1.165, 1.54) is 18.2 Å². The van der Waals surface area contributed by atoms with E-state index in [0.29, 0.717) is 22.3 Å². The zero-order chi connectivity index (χ0) is 23.5. The first kappa shape index (κ1) is 25.2. The summed E-state index contributed by atoms with van der Waals surface area (Å²) >= 11 is -1.66. The van der Waals surface area contributed by atoms with Crippen LogP contribution in [0.25, 0.3) is 11.1 Å². The topological polar surface area (TPSA) is 61.4 Å². The van der Waals surface area contributed by atoms with E-state index in [4.69, 9.17) is 4.74 Å². The van der Waals surface area contributed by atoms with Crippen LogP contribution in [0.2, 0.25) is 0 Å². The molecule has 4 nitrogen and oxygen atoms in total. The maximum absolute atomic E-state index is 14.9. The van der Waals surface area contributed by atoms with E-state index in [2.05, 4.69) is 4.72 Å². The van der Waals surface area contributed by atoms with E-state index in [1.54, 1.807) is 41.5 Å². The van der Waals surface area contributed by atoms with Crippen LogP contribution in [-0.4, -0.2) is 21.9 Å². The molecule has 2 atom stereocenters. The van der Waals surface area contributed by atoms with Crippen LogP contribution in [0.4, 0.5) is 13.2 Å². The molecule has 0 bridgehead atoms. The van der Waals surface area contributed by atoms with Crippen molar-refractivity contribution in [2.45, 2.75) is 58.8 Å². The lowest BCUT2D eigenvalue weighted by Crippen LogP contribution is -2.42. The summed E-state index contributed by atoms with van der Waals surface area (Å²) in [7, 11) is 0. The Morgan fingerprint density at radius 2 is 1.71 bits per heavy atom. The molecule has 0 heterocycles. The molecule has 2 rings (SSSR count). The summed E-state index contributed by atoms with van der Waals surface area (Å²) < 4.78 is 62.9. The highest BCUT2D eigenvalue weighted by atomic mass is 32.2. The van der Waals surface area contributed by atoms with Gasteiger partial charge in [-0.1, -0.05) is 0 Å². The standard InChI is InChI=1S/C23H28F3NO3S/c1-7-30-20(28)12-19(27-31(29)23(4,5)6)17-10-15(11-18(25)22(17)26)21-13(2)8-16(24)9-14(21)3/h8-11,19,27H,7,12H2,1-6H3/t19-,31?/m0/s1. The van der Waals surface area contributed by atoms with Crippen LogP contribution in [0.15, 0.2) is 24.3 Å². The average molecular weight is 456 g/mol. The van der Waals surface area contributed by atoms with Gasteiger partial charge in [0.25, 0.3) is 0 Å². The second-order valence-electron chi connectivity index (χ2n) is 8.34. The maximum Gasteiger partial charge on any atom is 0.307 e. The molecule has 31 heavy (non-hydrogen) atoms. The predicted octanol–water partition coefficient (Wildman–Crippen LogP) is 5.43. The molecule has 0 aliphatic heterocycles. The summed E-state index contributed by atoms with van der Waals surface area (Å²) in [6, 6.07) is 3.98. The lowest BCUT2D eigenvalue weighted by atomic mass is 9.92. The van der Waals surface area contributed by atoms with Crippen molar-refractivity contribution in [3.63, 3.8) is 0 Å². The average Bonchev–Trinajstić information content (AvgIpc) is 2.62. The number of carbonyl (C=O) groups excluding carboxylic acids is 1. The first-order valence-electron chi connectivity index (χ1n) is 9.94. The number of ether oxygens (including phenoxy) is 1. The number of carbonyl (C=O) groups is 1. The Labute approximate surface area is 184 Å². The summed E-state index contributed by atoms with van der Waals surface area (Å²) in [5.41, 5.74) is 1.86. The summed E-state index contributed by atoms with van der Waals surface area (Å²) in [6.07, 6.45) is -0.336.